The van der Waals surface area contributed by atoms with Gasteiger partial charge in [0.15, 0.2) is 0 Å². The smallest absolute Gasteiger partial charge is 0.131 e. The van der Waals surface area contributed by atoms with Crippen LogP contribution in [-0.4, -0.2) is 0 Å². The molecule has 0 saturated carbocycles. The van der Waals surface area contributed by atoms with E-state index in [1.54, 1.807) is 12.1 Å². The third kappa shape index (κ3) is 3.40. The second kappa shape index (κ2) is 6.62. The maximum atomic E-state index is 14.1. The predicted octanol–water partition coefficient (Wildman–Crippen LogP) is 6.50. The van der Waals surface area contributed by atoms with Crippen LogP contribution in [0.2, 0.25) is 0 Å². The lowest BCUT2D eigenvalue weighted by Crippen LogP contribution is -1.85. The Morgan fingerprint density at radius 1 is 0.696 bits per heavy atom. The molecule has 3 rings (SSSR count). The Morgan fingerprint density at radius 3 is 1.70 bits per heavy atom. The van der Waals surface area contributed by atoms with Gasteiger partial charge in [0.05, 0.1) is 0 Å². The molecule has 0 heterocycles. The van der Waals surface area contributed by atoms with Crippen molar-refractivity contribution < 1.29 is 4.39 Å². The number of rotatable bonds is 3. The van der Waals surface area contributed by atoms with Crippen LogP contribution in [0, 0.1) is 12.7 Å². The molecule has 0 aliphatic carbocycles. The normalized spacial score (nSPS) is 11.1. The zero-order chi connectivity index (χ0) is 16.2. The van der Waals surface area contributed by atoms with E-state index in [4.69, 9.17) is 0 Å². The van der Waals surface area contributed by atoms with E-state index in [0.29, 0.717) is 5.56 Å². The molecule has 0 fully saturated rings. The number of halogens is 1. The second-order valence-corrected chi connectivity index (χ2v) is 5.68. The monoisotopic (exact) mass is 302 g/mol. The van der Waals surface area contributed by atoms with E-state index in [0.717, 1.165) is 11.1 Å². The Labute approximate surface area is 136 Å². The van der Waals surface area contributed by atoms with Crippen LogP contribution in [0.3, 0.4) is 0 Å². The molecule has 0 N–H and O–H groups in total. The highest BCUT2D eigenvalue weighted by Gasteiger charge is 2.04. The van der Waals surface area contributed by atoms with Gasteiger partial charge in [-0.1, -0.05) is 78.4 Å². The summed E-state index contributed by atoms with van der Waals surface area (Å²) in [6.45, 7) is 3.97. The van der Waals surface area contributed by atoms with E-state index < -0.39 is 0 Å². The van der Waals surface area contributed by atoms with Crippen LogP contribution in [0.15, 0.2) is 72.8 Å². The lowest BCUT2D eigenvalue weighted by atomic mass is 9.99. The van der Waals surface area contributed by atoms with Gasteiger partial charge < -0.3 is 0 Å². The molecule has 114 valence electrons. The van der Waals surface area contributed by atoms with Gasteiger partial charge in [-0.3, -0.25) is 0 Å². The number of aryl methyl sites for hydroxylation is 1. The predicted molar refractivity (Wildman–Crippen MR) is 96.7 cm³/mol. The summed E-state index contributed by atoms with van der Waals surface area (Å²) in [7, 11) is 0. The van der Waals surface area contributed by atoms with Crippen molar-refractivity contribution in [1.29, 1.82) is 0 Å². The molecular formula is C22H19F. The molecule has 0 bridgehead atoms. The number of benzene rings is 3. The van der Waals surface area contributed by atoms with Crippen molar-refractivity contribution in [3.63, 3.8) is 0 Å². The van der Waals surface area contributed by atoms with Gasteiger partial charge in [0.2, 0.25) is 0 Å². The summed E-state index contributed by atoms with van der Waals surface area (Å²) < 4.78 is 14.1. The molecule has 0 aliphatic heterocycles. The number of allylic oxidation sites excluding steroid dienone is 1. The third-order valence-electron chi connectivity index (χ3n) is 3.95. The fourth-order valence-corrected chi connectivity index (χ4v) is 2.62. The molecule has 0 unspecified atom stereocenters. The molecule has 23 heavy (non-hydrogen) atoms. The van der Waals surface area contributed by atoms with Gasteiger partial charge in [-0.15, -0.1) is 0 Å². The van der Waals surface area contributed by atoms with E-state index in [9.17, 15) is 4.39 Å². The summed E-state index contributed by atoms with van der Waals surface area (Å²) in [4.78, 5) is 0. The Hall–Kier alpha value is -2.67. The van der Waals surface area contributed by atoms with Gasteiger partial charge >= 0.3 is 0 Å². The molecule has 3 aromatic rings. The van der Waals surface area contributed by atoms with Gasteiger partial charge in [0.25, 0.3) is 0 Å². The van der Waals surface area contributed by atoms with Crippen LogP contribution in [0.5, 0.6) is 0 Å². The van der Waals surface area contributed by atoms with Crippen molar-refractivity contribution in [2.45, 2.75) is 13.8 Å². The van der Waals surface area contributed by atoms with Crippen molar-refractivity contribution >= 4 is 6.08 Å². The SMILES string of the molecule is C/C=C/c1ccc(-c2ccc(-c3ccc(C)cc3)cc2)cc1F. The second-order valence-electron chi connectivity index (χ2n) is 5.68. The first-order chi connectivity index (χ1) is 11.2. The van der Waals surface area contributed by atoms with Crippen LogP contribution in [0.25, 0.3) is 28.3 Å². The van der Waals surface area contributed by atoms with E-state index in [-0.39, 0.29) is 5.82 Å². The fraction of sp³-hybridized carbons (Fsp3) is 0.0909. The van der Waals surface area contributed by atoms with Crippen molar-refractivity contribution in [2.24, 2.45) is 0 Å². The summed E-state index contributed by atoms with van der Waals surface area (Å²) in [5.41, 5.74) is 6.14. The fourth-order valence-electron chi connectivity index (χ4n) is 2.62. The van der Waals surface area contributed by atoms with Crippen LogP contribution in [0.4, 0.5) is 4.39 Å². The highest BCUT2D eigenvalue weighted by atomic mass is 19.1. The minimum atomic E-state index is -0.191. The lowest BCUT2D eigenvalue weighted by molar-refractivity contribution is 0.625. The Bertz CT molecular complexity index is 825. The molecular weight excluding hydrogens is 283 g/mol. The minimum absolute atomic E-state index is 0.191. The van der Waals surface area contributed by atoms with Gasteiger partial charge in [0.1, 0.15) is 5.82 Å². The topological polar surface area (TPSA) is 0 Å². The number of hydrogen-bond donors (Lipinski definition) is 0. The summed E-state index contributed by atoms with van der Waals surface area (Å²) in [5.74, 6) is -0.191. The molecule has 0 radical (unpaired) electrons. The zero-order valence-electron chi connectivity index (χ0n) is 13.4. The summed E-state index contributed by atoms with van der Waals surface area (Å²) in [6.07, 6.45) is 3.62. The van der Waals surface area contributed by atoms with Gasteiger partial charge in [-0.25, -0.2) is 4.39 Å². The van der Waals surface area contributed by atoms with Crippen LogP contribution in [-0.2, 0) is 0 Å². The van der Waals surface area contributed by atoms with Gasteiger partial charge in [-0.2, -0.15) is 0 Å². The average molecular weight is 302 g/mol. The largest absolute Gasteiger partial charge is 0.206 e. The zero-order valence-corrected chi connectivity index (χ0v) is 13.4. The summed E-state index contributed by atoms with van der Waals surface area (Å²) in [6, 6.07) is 22.1. The lowest BCUT2D eigenvalue weighted by Gasteiger charge is -2.07. The molecule has 1 heteroatoms. The maximum Gasteiger partial charge on any atom is 0.131 e. The highest BCUT2D eigenvalue weighted by Crippen LogP contribution is 2.26. The first-order valence-corrected chi connectivity index (χ1v) is 7.77. The Kier molecular flexibility index (Phi) is 4.38. The molecule has 0 amide bonds. The van der Waals surface area contributed by atoms with Crippen molar-refractivity contribution in [3.8, 4) is 22.3 Å². The van der Waals surface area contributed by atoms with Crippen molar-refractivity contribution in [3.05, 3.63) is 89.8 Å². The third-order valence-corrected chi connectivity index (χ3v) is 3.95. The van der Waals surface area contributed by atoms with E-state index >= 15 is 0 Å². The van der Waals surface area contributed by atoms with Gasteiger partial charge in [0, 0.05) is 5.56 Å². The van der Waals surface area contributed by atoms with Crippen LogP contribution >= 0.6 is 0 Å². The van der Waals surface area contributed by atoms with Crippen molar-refractivity contribution in [2.75, 3.05) is 0 Å². The van der Waals surface area contributed by atoms with E-state index in [1.165, 1.54) is 16.7 Å². The van der Waals surface area contributed by atoms with Crippen LogP contribution < -0.4 is 0 Å². The molecule has 0 saturated heterocycles. The number of hydrogen-bond acceptors (Lipinski definition) is 0. The molecule has 0 aromatic heterocycles. The first-order valence-electron chi connectivity index (χ1n) is 7.77. The molecule has 0 nitrogen and oxygen atoms in total. The minimum Gasteiger partial charge on any atom is -0.206 e. The quantitative estimate of drug-likeness (QED) is 0.518. The Morgan fingerprint density at radius 2 is 1.17 bits per heavy atom. The first kappa shape index (κ1) is 15.2. The van der Waals surface area contributed by atoms with Gasteiger partial charge in [-0.05, 0) is 42.2 Å². The van der Waals surface area contributed by atoms with Crippen molar-refractivity contribution in [1.82, 2.24) is 0 Å². The summed E-state index contributed by atoms with van der Waals surface area (Å²) >= 11 is 0. The highest BCUT2D eigenvalue weighted by molar-refractivity contribution is 5.71. The molecule has 0 atom stereocenters. The van der Waals surface area contributed by atoms with E-state index in [1.807, 2.05) is 37.3 Å². The molecule has 3 aromatic carbocycles. The van der Waals surface area contributed by atoms with Crippen LogP contribution in [0.1, 0.15) is 18.1 Å². The Balaban J connectivity index is 1.90. The average Bonchev–Trinajstić information content (AvgIpc) is 2.58. The molecule has 0 aliphatic rings. The maximum absolute atomic E-state index is 14.1. The summed E-state index contributed by atoms with van der Waals surface area (Å²) in [5, 5.41) is 0. The molecule has 0 spiro atoms. The standard InChI is InChI=1S/C22H19F/c1-3-4-20-13-14-21(15-22(20)23)19-11-9-18(10-12-19)17-7-5-16(2)6-8-17/h3-15H,1-2H3/b4-3+. The van der Waals surface area contributed by atoms with E-state index in [2.05, 4.69) is 43.3 Å².